The van der Waals surface area contributed by atoms with Crippen molar-refractivity contribution in [2.24, 2.45) is 0 Å². The number of anilines is 1. The Balaban J connectivity index is 1.83. The number of carbonyl (C=O) groups excluding carboxylic acids is 4. The zero-order valence-corrected chi connectivity index (χ0v) is 21.9. The van der Waals surface area contributed by atoms with Crippen molar-refractivity contribution in [3.05, 3.63) is 74.9 Å². The van der Waals surface area contributed by atoms with Crippen LogP contribution in [-0.4, -0.2) is 46.9 Å². The number of carbonyl (C=O) groups is 4. The summed E-state index contributed by atoms with van der Waals surface area (Å²) in [6, 6.07) is 9.64. The highest BCUT2D eigenvalue weighted by Gasteiger charge is 2.41. The Bertz CT molecular complexity index is 1430. The van der Waals surface area contributed by atoms with Gasteiger partial charge < -0.3 is 9.30 Å². The number of hydrogen-bond donors (Lipinski definition) is 0. The van der Waals surface area contributed by atoms with E-state index in [2.05, 4.69) is 0 Å². The highest BCUT2D eigenvalue weighted by Crippen LogP contribution is 2.35. The Morgan fingerprint density at radius 1 is 1.03 bits per heavy atom. The molecule has 0 N–H and O–H groups in total. The van der Waals surface area contributed by atoms with E-state index in [1.165, 1.54) is 24.5 Å². The van der Waals surface area contributed by atoms with Gasteiger partial charge in [-0.05, 0) is 70.0 Å². The van der Waals surface area contributed by atoms with E-state index in [4.69, 9.17) is 4.74 Å². The third-order valence-corrected chi connectivity index (χ3v) is 7.47. The second-order valence-electron chi connectivity index (χ2n) is 8.53. The number of imide groups is 2. The lowest BCUT2D eigenvalue weighted by Crippen LogP contribution is -2.55. The SMILES string of the molecule is CCOC(=O)c1c(-n2c(C)cc(/C=C3\C(=O)N(C)C(=O)N(c4ccccc4)C3=O)c2C)sc(C)c1C. The van der Waals surface area contributed by atoms with Crippen molar-refractivity contribution in [1.82, 2.24) is 9.47 Å². The molecule has 0 unspecified atom stereocenters. The third-order valence-electron chi connectivity index (χ3n) is 6.28. The number of amides is 4. The van der Waals surface area contributed by atoms with Crippen LogP contribution in [-0.2, 0) is 14.3 Å². The first-order valence-corrected chi connectivity index (χ1v) is 12.3. The van der Waals surface area contributed by atoms with Crippen molar-refractivity contribution >= 4 is 46.9 Å². The third kappa shape index (κ3) is 4.05. The minimum atomic E-state index is -0.706. The van der Waals surface area contributed by atoms with Crippen molar-refractivity contribution in [2.45, 2.75) is 34.6 Å². The number of ether oxygens (including phenoxy) is 1. The maximum Gasteiger partial charge on any atom is 0.341 e. The number of rotatable bonds is 5. The molecule has 2 aromatic heterocycles. The lowest BCUT2D eigenvalue weighted by molar-refractivity contribution is -0.128. The highest BCUT2D eigenvalue weighted by molar-refractivity contribution is 7.15. The van der Waals surface area contributed by atoms with Crippen LogP contribution in [0.15, 0.2) is 42.0 Å². The van der Waals surface area contributed by atoms with E-state index in [9.17, 15) is 19.2 Å². The molecule has 0 bridgehead atoms. The van der Waals surface area contributed by atoms with Gasteiger partial charge in [-0.3, -0.25) is 14.5 Å². The van der Waals surface area contributed by atoms with Gasteiger partial charge in [0.1, 0.15) is 10.6 Å². The first-order chi connectivity index (χ1) is 17.1. The minimum Gasteiger partial charge on any atom is -0.462 e. The van der Waals surface area contributed by atoms with Gasteiger partial charge in [0.05, 0.1) is 17.9 Å². The van der Waals surface area contributed by atoms with Crippen LogP contribution in [0.25, 0.3) is 11.1 Å². The molecule has 9 heteroatoms. The summed E-state index contributed by atoms with van der Waals surface area (Å²) >= 11 is 1.48. The van der Waals surface area contributed by atoms with Crippen LogP contribution in [0, 0.1) is 27.7 Å². The first-order valence-electron chi connectivity index (χ1n) is 11.5. The monoisotopic (exact) mass is 505 g/mol. The van der Waals surface area contributed by atoms with Crippen molar-refractivity contribution in [3.63, 3.8) is 0 Å². The number of aryl methyl sites for hydroxylation is 2. The number of urea groups is 1. The van der Waals surface area contributed by atoms with Gasteiger partial charge >= 0.3 is 12.0 Å². The molecule has 0 aliphatic carbocycles. The van der Waals surface area contributed by atoms with Crippen molar-refractivity contribution < 1.29 is 23.9 Å². The largest absolute Gasteiger partial charge is 0.462 e. The Morgan fingerprint density at radius 3 is 2.33 bits per heavy atom. The molecule has 1 aliphatic rings. The average Bonchev–Trinajstić information content (AvgIpc) is 3.29. The van der Waals surface area contributed by atoms with Crippen LogP contribution >= 0.6 is 11.3 Å². The van der Waals surface area contributed by atoms with Crippen LogP contribution in [0.1, 0.15) is 44.7 Å². The fourth-order valence-corrected chi connectivity index (χ4v) is 5.51. The van der Waals surface area contributed by atoms with E-state index in [1.807, 2.05) is 38.3 Å². The first kappa shape index (κ1) is 25.1. The Labute approximate surface area is 213 Å². The van der Waals surface area contributed by atoms with Gasteiger partial charge in [0.15, 0.2) is 0 Å². The summed E-state index contributed by atoms with van der Waals surface area (Å²) in [6.45, 7) is 9.63. The number of benzene rings is 1. The van der Waals surface area contributed by atoms with Crippen molar-refractivity contribution in [1.29, 1.82) is 0 Å². The smallest absolute Gasteiger partial charge is 0.341 e. The van der Waals surface area contributed by atoms with Gasteiger partial charge in [-0.2, -0.15) is 0 Å². The number of esters is 1. The second kappa shape index (κ2) is 9.58. The molecule has 3 heterocycles. The predicted octanol–water partition coefficient (Wildman–Crippen LogP) is 4.96. The summed E-state index contributed by atoms with van der Waals surface area (Å²) in [5.74, 6) is -1.75. The summed E-state index contributed by atoms with van der Waals surface area (Å²) < 4.78 is 7.24. The summed E-state index contributed by atoms with van der Waals surface area (Å²) in [5.41, 5.74) is 3.84. The van der Waals surface area contributed by atoms with Crippen LogP contribution in [0.2, 0.25) is 0 Å². The Hall–Kier alpha value is -3.98. The van der Waals surface area contributed by atoms with Gasteiger partial charge in [0.25, 0.3) is 11.8 Å². The molecule has 1 aliphatic heterocycles. The Morgan fingerprint density at radius 2 is 1.69 bits per heavy atom. The highest BCUT2D eigenvalue weighted by atomic mass is 32.1. The fourth-order valence-electron chi connectivity index (χ4n) is 4.26. The van der Waals surface area contributed by atoms with Crippen molar-refractivity contribution in [2.75, 3.05) is 18.6 Å². The maximum absolute atomic E-state index is 13.4. The summed E-state index contributed by atoms with van der Waals surface area (Å²) in [6.07, 6.45) is 1.51. The summed E-state index contributed by atoms with van der Waals surface area (Å²) in [4.78, 5) is 54.8. The number of barbiturate groups is 1. The quantitative estimate of drug-likeness (QED) is 0.278. The number of likely N-dealkylation sites (N-methyl/N-ethyl adjacent to an activating group) is 1. The molecule has 1 aromatic carbocycles. The molecule has 0 spiro atoms. The molecule has 1 fully saturated rings. The summed E-state index contributed by atoms with van der Waals surface area (Å²) in [5, 5.41) is 0.725. The van der Waals surface area contributed by atoms with Gasteiger partial charge in [-0.15, -0.1) is 11.3 Å². The van der Waals surface area contributed by atoms with Crippen LogP contribution in [0.4, 0.5) is 10.5 Å². The lowest BCUT2D eigenvalue weighted by atomic mass is 10.1. The van der Waals surface area contributed by atoms with Crippen LogP contribution in [0.5, 0.6) is 0 Å². The number of hydrogen-bond acceptors (Lipinski definition) is 6. The molecule has 0 radical (unpaired) electrons. The standard InChI is InChI=1S/C27H27N3O5S/c1-7-35-26(33)22-16(3)18(5)36-25(22)29-15(2)13-19(17(29)4)14-21-23(31)28(6)27(34)30(24(21)32)20-11-9-8-10-12-20/h8-14H,7H2,1-6H3/b21-14+. The van der Waals surface area contributed by atoms with E-state index >= 15 is 0 Å². The molecule has 8 nitrogen and oxygen atoms in total. The molecule has 1 saturated heterocycles. The van der Waals surface area contributed by atoms with Gasteiger partial charge in [0.2, 0.25) is 0 Å². The zero-order chi connectivity index (χ0) is 26.3. The van der Waals surface area contributed by atoms with E-state index in [0.29, 0.717) is 16.8 Å². The fraction of sp³-hybridized carbons (Fsp3) is 0.259. The number of para-hydroxylation sites is 1. The van der Waals surface area contributed by atoms with Gasteiger partial charge in [0, 0.05) is 23.3 Å². The molecule has 3 aromatic rings. The molecule has 186 valence electrons. The molecular formula is C27H27N3O5S. The molecule has 0 atom stereocenters. The van der Waals surface area contributed by atoms with Gasteiger partial charge in [-0.25, -0.2) is 14.5 Å². The average molecular weight is 506 g/mol. The maximum atomic E-state index is 13.4. The molecule has 36 heavy (non-hydrogen) atoms. The molecule has 4 amide bonds. The predicted molar refractivity (Wildman–Crippen MR) is 139 cm³/mol. The number of thiophene rings is 1. The minimum absolute atomic E-state index is 0.120. The van der Waals surface area contributed by atoms with Gasteiger partial charge in [-0.1, -0.05) is 18.2 Å². The second-order valence-corrected chi connectivity index (χ2v) is 9.73. The lowest BCUT2D eigenvalue weighted by Gasteiger charge is -2.31. The number of aromatic nitrogens is 1. The number of nitrogens with zero attached hydrogens (tertiary/aromatic N) is 3. The zero-order valence-electron chi connectivity index (χ0n) is 21.0. The Kier molecular flexibility index (Phi) is 6.69. The van der Waals surface area contributed by atoms with Crippen molar-refractivity contribution in [3.8, 4) is 5.00 Å². The van der Waals surface area contributed by atoms with Crippen LogP contribution < -0.4 is 4.90 Å². The molecule has 0 saturated carbocycles. The molecular weight excluding hydrogens is 478 g/mol. The summed E-state index contributed by atoms with van der Waals surface area (Å²) in [7, 11) is 1.35. The topological polar surface area (TPSA) is 88.9 Å². The molecule has 4 rings (SSSR count). The van der Waals surface area contributed by atoms with E-state index in [1.54, 1.807) is 37.3 Å². The van der Waals surface area contributed by atoms with E-state index < -0.39 is 23.8 Å². The normalized spacial score (nSPS) is 15.3. The van der Waals surface area contributed by atoms with Crippen LogP contribution in [0.3, 0.4) is 0 Å². The van der Waals surface area contributed by atoms with E-state index in [0.717, 1.165) is 36.6 Å². The van der Waals surface area contributed by atoms with E-state index in [-0.39, 0.29) is 12.2 Å².